The van der Waals surface area contributed by atoms with Crippen LogP contribution >= 0.6 is 11.3 Å². The average Bonchev–Trinajstić information content (AvgIpc) is 3.41. The highest BCUT2D eigenvalue weighted by atomic mass is 32.1. The van der Waals surface area contributed by atoms with Gasteiger partial charge in [-0.15, -0.1) is 11.3 Å². The predicted octanol–water partition coefficient (Wildman–Crippen LogP) is 4.29. The van der Waals surface area contributed by atoms with Gasteiger partial charge in [0.1, 0.15) is 5.75 Å². The lowest BCUT2D eigenvalue weighted by molar-refractivity contribution is 0.191. The van der Waals surface area contributed by atoms with Crippen LogP contribution in [0.15, 0.2) is 24.3 Å². The lowest BCUT2D eigenvalue weighted by Crippen LogP contribution is -2.40. The minimum atomic E-state index is 0.00879. The molecule has 0 unspecified atom stereocenters. The molecule has 5 nitrogen and oxygen atoms in total. The van der Waals surface area contributed by atoms with Gasteiger partial charge in [-0.3, -0.25) is 0 Å². The van der Waals surface area contributed by atoms with Crippen LogP contribution in [0.1, 0.15) is 47.8 Å². The number of aryl methyl sites for hydroxylation is 2. The van der Waals surface area contributed by atoms with E-state index in [1.54, 1.807) is 11.3 Å². The number of thiazole rings is 1. The van der Waals surface area contributed by atoms with E-state index >= 15 is 0 Å². The first-order valence-corrected chi connectivity index (χ1v) is 10.1. The Bertz CT molecular complexity index is 738. The number of nitrogens with one attached hydrogen (secondary N) is 1. The molecule has 1 fully saturated rings. The second kappa shape index (κ2) is 8.54. The Morgan fingerprint density at radius 1 is 1.31 bits per heavy atom. The van der Waals surface area contributed by atoms with Crippen molar-refractivity contribution in [3.05, 3.63) is 45.4 Å². The Morgan fingerprint density at radius 2 is 2.04 bits per heavy atom. The number of amides is 2. The largest absolute Gasteiger partial charge is 0.494 e. The molecule has 2 amide bonds. The molecule has 1 aliphatic rings. The van der Waals surface area contributed by atoms with Crippen LogP contribution < -0.4 is 10.1 Å². The number of aromatic nitrogens is 1. The van der Waals surface area contributed by atoms with E-state index in [0.717, 1.165) is 46.2 Å². The first-order chi connectivity index (χ1) is 12.6. The third-order valence-corrected chi connectivity index (χ3v) is 5.47. The zero-order valence-electron chi connectivity index (χ0n) is 15.7. The quantitative estimate of drug-likeness (QED) is 0.751. The van der Waals surface area contributed by atoms with Gasteiger partial charge in [0.25, 0.3) is 0 Å². The molecule has 3 rings (SSSR count). The number of nitrogens with zero attached hydrogens (tertiary/aromatic N) is 2. The van der Waals surface area contributed by atoms with Crippen molar-refractivity contribution in [2.75, 3.05) is 6.61 Å². The second-order valence-corrected chi connectivity index (χ2v) is 7.84. The fraction of sp³-hybridized carbons (Fsp3) is 0.500. The summed E-state index contributed by atoms with van der Waals surface area (Å²) in [6.07, 6.45) is 3.07. The minimum absolute atomic E-state index is 0.00879. The van der Waals surface area contributed by atoms with E-state index in [0.29, 0.717) is 25.7 Å². The van der Waals surface area contributed by atoms with Crippen molar-refractivity contribution in [1.82, 2.24) is 15.2 Å². The molecule has 1 aromatic carbocycles. The van der Waals surface area contributed by atoms with Crippen molar-refractivity contribution >= 4 is 17.4 Å². The average molecular weight is 374 g/mol. The summed E-state index contributed by atoms with van der Waals surface area (Å²) in [4.78, 5) is 20.4. The number of hydrogen-bond donors (Lipinski definition) is 1. The zero-order valence-corrected chi connectivity index (χ0v) is 16.6. The first-order valence-electron chi connectivity index (χ1n) is 9.32. The van der Waals surface area contributed by atoms with E-state index in [1.807, 2.05) is 43.0 Å². The summed E-state index contributed by atoms with van der Waals surface area (Å²) in [5.41, 5.74) is 2.22. The van der Waals surface area contributed by atoms with E-state index in [-0.39, 0.29) is 6.03 Å². The standard InChI is InChI=1S/C20H27N3O2S/c1-4-18-19(26-14(3)22-18)12-21-20(24)23(16-8-9-16)13-15-6-10-17(11-7-15)25-5-2/h6-7,10-11,16H,4-5,8-9,12-13H2,1-3H3,(H,21,24). The summed E-state index contributed by atoms with van der Waals surface area (Å²) >= 11 is 1.67. The molecular weight excluding hydrogens is 346 g/mol. The van der Waals surface area contributed by atoms with Crippen molar-refractivity contribution in [2.45, 2.75) is 59.2 Å². The van der Waals surface area contributed by atoms with Crippen molar-refractivity contribution in [3.63, 3.8) is 0 Å². The molecule has 140 valence electrons. The lowest BCUT2D eigenvalue weighted by Gasteiger charge is -2.23. The molecule has 1 heterocycles. The van der Waals surface area contributed by atoms with Gasteiger partial charge in [0, 0.05) is 17.5 Å². The molecule has 6 heteroatoms. The molecule has 0 saturated heterocycles. The van der Waals surface area contributed by atoms with Gasteiger partial charge in [-0.25, -0.2) is 9.78 Å². The predicted molar refractivity (Wildman–Crippen MR) is 105 cm³/mol. The Kier molecular flexibility index (Phi) is 6.14. The second-order valence-electron chi connectivity index (χ2n) is 6.55. The SMILES string of the molecule is CCOc1ccc(CN(C(=O)NCc2sc(C)nc2CC)C2CC2)cc1. The number of carbonyl (C=O) groups excluding carboxylic acids is 1. The molecule has 1 saturated carbocycles. The van der Waals surface area contributed by atoms with Crippen LogP contribution in [0, 0.1) is 6.92 Å². The van der Waals surface area contributed by atoms with Crippen LogP contribution in [0.3, 0.4) is 0 Å². The number of ether oxygens (including phenoxy) is 1. The van der Waals surface area contributed by atoms with Crippen molar-refractivity contribution < 1.29 is 9.53 Å². The summed E-state index contributed by atoms with van der Waals surface area (Å²) in [5.74, 6) is 0.867. The molecule has 26 heavy (non-hydrogen) atoms. The number of rotatable bonds is 8. The molecule has 1 aromatic heterocycles. The summed E-state index contributed by atoms with van der Waals surface area (Å²) in [6, 6.07) is 8.38. The number of urea groups is 1. The summed E-state index contributed by atoms with van der Waals surface area (Å²) in [5, 5.41) is 4.15. The van der Waals surface area contributed by atoms with Gasteiger partial charge in [-0.05, 0) is 50.8 Å². The highest BCUT2D eigenvalue weighted by molar-refractivity contribution is 7.11. The number of benzene rings is 1. The smallest absolute Gasteiger partial charge is 0.318 e. The van der Waals surface area contributed by atoms with Crippen LogP contribution in [0.5, 0.6) is 5.75 Å². The Labute approximate surface area is 159 Å². The van der Waals surface area contributed by atoms with Crippen LogP contribution in [-0.4, -0.2) is 28.6 Å². The molecule has 0 atom stereocenters. The Morgan fingerprint density at radius 3 is 2.65 bits per heavy atom. The highest BCUT2D eigenvalue weighted by Crippen LogP contribution is 2.29. The Hall–Kier alpha value is -2.08. The monoisotopic (exact) mass is 373 g/mol. The maximum Gasteiger partial charge on any atom is 0.318 e. The molecule has 2 aromatic rings. The maximum absolute atomic E-state index is 12.8. The van der Waals surface area contributed by atoms with Gasteiger partial charge < -0.3 is 15.0 Å². The lowest BCUT2D eigenvalue weighted by atomic mass is 10.2. The van der Waals surface area contributed by atoms with E-state index < -0.39 is 0 Å². The molecule has 1 N–H and O–H groups in total. The van der Waals surface area contributed by atoms with Crippen LogP contribution in [0.2, 0.25) is 0 Å². The molecule has 0 spiro atoms. The van der Waals surface area contributed by atoms with Crippen molar-refractivity contribution in [3.8, 4) is 5.75 Å². The van der Waals surface area contributed by atoms with Gasteiger partial charge in [0.2, 0.25) is 0 Å². The normalized spacial score (nSPS) is 13.5. The molecule has 0 bridgehead atoms. The van der Waals surface area contributed by atoms with Crippen LogP contribution in [0.25, 0.3) is 0 Å². The van der Waals surface area contributed by atoms with Crippen molar-refractivity contribution in [1.29, 1.82) is 0 Å². The van der Waals surface area contributed by atoms with Gasteiger partial charge in [0.05, 0.1) is 23.9 Å². The minimum Gasteiger partial charge on any atom is -0.494 e. The van der Waals surface area contributed by atoms with E-state index in [1.165, 1.54) is 0 Å². The van der Waals surface area contributed by atoms with E-state index in [9.17, 15) is 4.79 Å². The first kappa shape index (κ1) is 18.7. The van der Waals surface area contributed by atoms with Crippen molar-refractivity contribution in [2.24, 2.45) is 0 Å². The van der Waals surface area contributed by atoms with Crippen LogP contribution in [0.4, 0.5) is 4.79 Å². The van der Waals surface area contributed by atoms with Gasteiger partial charge in [-0.1, -0.05) is 19.1 Å². The summed E-state index contributed by atoms with van der Waals surface area (Å²) < 4.78 is 5.49. The zero-order chi connectivity index (χ0) is 18.5. The topological polar surface area (TPSA) is 54.5 Å². The van der Waals surface area contributed by atoms with E-state index in [2.05, 4.69) is 17.2 Å². The molecule has 0 aliphatic heterocycles. The molecular formula is C20H27N3O2S. The fourth-order valence-electron chi connectivity index (χ4n) is 2.99. The highest BCUT2D eigenvalue weighted by Gasteiger charge is 2.32. The molecule has 1 aliphatic carbocycles. The van der Waals surface area contributed by atoms with E-state index in [4.69, 9.17) is 4.74 Å². The van der Waals surface area contributed by atoms with Crippen LogP contribution in [-0.2, 0) is 19.5 Å². The maximum atomic E-state index is 12.8. The van der Waals surface area contributed by atoms with Gasteiger partial charge >= 0.3 is 6.03 Å². The fourth-order valence-corrected chi connectivity index (χ4v) is 3.96. The Balaban J connectivity index is 1.61. The third-order valence-electron chi connectivity index (χ3n) is 4.46. The summed E-state index contributed by atoms with van der Waals surface area (Å²) in [7, 11) is 0. The van der Waals surface area contributed by atoms with Gasteiger partial charge in [-0.2, -0.15) is 0 Å². The molecule has 0 radical (unpaired) electrons. The summed E-state index contributed by atoms with van der Waals surface area (Å²) in [6.45, 7) is 7.93. The number of hydrogen-bond acceptors (Lipinski definition) is 4. The third kappa shape index (κ3) is 4.75. The number of carbonyl (C=O) groups is 1. The van der Waals surface area contributed by atoms with Gasteiger partial charge in [0.15, 0.2) is 0 Å².